The lowest BCUT2D eigenvalue weighted by Gasteiger charge is -2.23. The molecule has 236 valence electrons. The van der Waals surface area contributed by atoms with Gasteiger partial charge < -0.3 is 35.8 Å². The van der Waals surface area contributed by atoms with Crippen LogP contribution in [0, 0.1) is 19.3 Å². The van der Waals surface area contributed by atoms with E-state index in [0.29, 0.717) is 29.0 Å². The molecule has 0 spiro atoms. The second-order valence-corrected chi connectivity index (χ2v) is 10.3. The summed E-state index contributed by atoms with van der Waals surface area (Å²) in [4.78, 5) is 80.2. The van der Waals surface area contributed by atoms with Crippen molar-refractivity contribution < 1.29 is 39.3 Å². The number of H-pyrrole nitrogens is 1. The summed E-state index contributed by atoms with van der Waals surface area (Å²) in [5, 5.41) is 32.6. The largest absolute Gasteiger partial charge is 0.481 e. The van der Waals surface area contributed by atoms with Crippen LogP contribution in [0.1, 0.15) is 53.8 Å². The number of hydrogen-bond donors (Lipinski definition) is 6. The third-order valence-corrected chi connectivity index (χ3v) is 6.82. The van der Waals surface area contributed by atoms with Crippen molar-refractivity contribution >= 4 is 46.3 Å². The van der Waals surface area contributed by atoms with Crippen LogP contribution < -0.4 is 21.1 Å². The number of anilines is 1. The quantitative estimate of drug-likeness (QED) is 0.127. The number of aliphatic carboxylic acids is 3. The Morgan fingerprint density at radius 3 is 2.24 bits per heavy atom. The Labute approximate surface area is 257 Å². The second-order valence-electron chi connectivity index (χ2n) is 10.3. The summed E-state index contributed by atoms with van der Waals surface area (Å²) in [6, 6.07) is 8.84. The highest BCUT2D eigenvalue weighted by Gasteiger charge is 2.24. The number of rotatable bonds is 16. The van der Waals surface area contributed by atoms with Crippen LogP contribution in [0.4, 0.5) is 5.69 Å². The molecule has 3 aromatic rings. The molecule has 0 saturated heterocycles. The van der Waals surface area contributed by atoms with Gasteiger partial charge in [-0.15, -0.1) is 6.42 Å². The molecule has 2 atom stereocenters. The van der Waals surface area contributed by atoms with Gasteiger partial charge in [0, 0.05) is 30.6 Å². The molecule has 1 aromatic heterocycles. The van der Waals surface area contributed by atoms with E-state index in [1.54, 1.807) is 31.2 Å². The molecule has 14 nitrogen and oxygen atoms in total. The van der Waals surface area contributed by atoms with Crippen LogP contribution in [-0.4, -0.2) is 73.6 Å². The minimum atomic E-state index is -1.44. The highest BCUT2D eigenvalue weighted by Crippen LogP contribution is 2.20. The Morgan fingerprint density at radius 2 is 1.62 bits per heavy atom. The fraction of sp³-hybridized carbons (Fsp3) is 0.323. The monoisotopic (exact) mass is 619 g/mol. The second kappa shape index (κ2) is 15.7. The maximum atomic E-state index is 12.8. The van der Waals surface area contributed by atoms with E-state index in [0.717, 1.165) is 5.56 Å². The molecule has 3 rings (SSSR count). The van der Waals surface area contributed by atoms with Gasteiger partial charge in [0.05, 0.1) is 17.4 Å². The number of nitrogens with one attached hydrogen (secondary N) is 3. The van der Waals surface area contributed by atoms with Crippen molar-refractivity contribution in [1.82, 2.24) is 20.6 Å². The number of carbonyl (C=O) groups is 5. The number of aryl methyl sites for hydroxylation is 1. The van der Waals surface area contributed by atoms with Gasteiger partial charge in [-0.1, -0.05) is 12.0 Å². The summed E-state index contributed by atoms with van der Waals surface area (Å²) in [7, 11) is 0. The van der Waals surface area contributed by atoms with Crippen LogP contribution in [0.25, 0.3) is 10.9 Å². The lowest BCUT2D eigenvalue weighted by molar-refractivity contribution is -0.143. The normalized spacial score (nSPS) is 12.0. The average molecular weight is 620 g/mol. The lowest BCUT2D eigenvalue weighted by Crippen LogP contribution is -2.44. The first-order chi connectivity index (χ1) is 21.4. The predicted molar refractivity (Wildman–Crippen MR) is 163 cm³/mol. The minimum absolute atomic E-state index is 0.0295. The molecule has 0 radical (unpaired) electrons. The summed E-state index contributed by atoms with van der Waals surface area (Å²) in [5.74, 6) is -2.19. The number of carboxylic acids is 3. The summed E-state index contributed by atoms with van der Waals surface area (Å²) in [5.41, 5.74) is 1.94. The van der Waals surface area contributed by atoms with Crippen LogP contribution in [0.3, 0.4) is 0 Å². The first-order valence-electron chi connectivity index (χ1n) is 13.9. The molecule has 0 aliphatic heterocycles. The third-order valence-electron chi connectivity index (χ3n) is 6.82. The van der Waals surface area contributed by atoms with E-state index < -0.39 is 48.2 Å². The van der Waals surface area contributed by atoms with Gasteiger partial charge >= 0.3 is 17.9 Å². The number of aromatic amines is 1. The number of carboxylic acid groups (broad SMARTS) is 3. The van der Waals surface area contributed by atoms with Crippen LogP contribution in [0.5, 0.6) is 0 Å². The fourth-order valence-electron chi connectivity index (χ4n) is 4.55. The lowest BCUT2D eigenvalue weighted by atomic mass is 10.1. The smallest absolute Gasteiger partial charge is 0.326 e. The third kappa shape index (κ3) is 9.92. The molecule has 0 fully saturated rings. The Hall–Kier alpha value is -5.71. The molecule has 14 heteroatoms. The van der Waals surface area contributed by atoms with Crippen molar-refractivity contribution in [3.05, 3.63) is 69.8 Å². The summed E-state index contributed by atoms with van der Waals surface area (Å²) in [6.45, 7) is 2.27. The maximum Gasteiger partial charge on any atom is 0.326 e. The maximum absolute atomic E-state index is 12.8. The number of aromatic nitrogens is 2. The zero-order chi connectivity index (χ0) is 33.1. The summed E-state index contributed by atoms with van der Waals surface area (Å²) < 4.78 is 0. The molecule has 6 N–H and O–H groups in total. The Balaban J connectivity index is 1.62. The Kier molecular flexibility index (Phi) is 11.8. The SMILES string of the molecule is C#CCN(Cc1ccc2nc(C)[nH]c(=O)c2c1)c1ccc(C(=O)N[C@H](CCC(=O)N[C@H](CCCC(=O)O)C(=O)O)C(=O)O)cc1. The number of fused-ring (bicyclic) bond motifs is 1. The molecule has 0 unspecified atom stereocenters. The molecule has 1 heterocycles. The number of hydrogen-bond acceptors (Lipinski definition) is 8. The van der Waals surface area contributed by atoms with Gasteiger partial charge in [-0.3, -0.25) is 19.2 Å². The van der Waals surface area contributed by atoms with Crippen LogP contribution in [0.15, 0.2) is 47.3 Å². The van der Waals surface area contributed by atoms with Gasteiger partial charge in [0.1, 0.15) is 17.9 Å². The van der Waals surface area contributed by atoms with Gasteiger partial charge in [-0.05, 0) is 68.1 Å². The number of amides is 2. The molecule has 0 saturated carbocycles. The van der Waals surface area contributed by atoms with Crippen molar-refractivity contribution in [3.8, 4) is 12.3 Å². The van der Waals surface area contributed by atoms with E-state index in [1.807, 2.05) is 11.0 Å². The van der Waals surface area contributed by atoms with E-state index in [-0.39, 0.29) is 43.4 Å². The zero-order valence-electron chi connectivity index (χ0n) is 24.4. The first-order valence-corrected chi connectivity index (χ1v) is 13.9. The van der Waals surface area contributed by atoms with Crippen LogP contribution in [0.2, 0.25) is 0 Å². The van der Waals surface area contributed by atoms with Crippen LogP contribution >= 0.6 is 0 Å². The van der Waals surface area contributed by atoms with Gasteiger partial charge in [-0.2, -0.15) is 0 Å². The van der Waals surface area contributed by atoms with Gasteiger partial charge in [0.15, 0.2) is 0 Å². The number of carbonyl (C=O) groups excluding carboxylic acids is 2. The van der Waals surface area contributed by atoms with Crippen molar-refractivity contribution in [1.29, 1.82) is 0 Å². The fourth-order valence-corrected chi connectivity index (χ4v) is 4.55. The molecule has 2 amide bonds. The van der Waals surface area contributed by atoms with E-state index in [1.165, 1.54) is 12.1 Å². The molecule has 0 aliphatic rings. The summed E-state index contributed by atoms with van der Waals surface area (Å²) in [6.07, 6.45) is 4.53. The van der Waals surface area contributed by atoms with Crippen molar-refractivity contribution in [2.45, 2.75) is 57.7 Å². The highest BCUT2D eigenvalue weighted by molar-refractivity contribution is 5.97. The Bertz CT molecular complexity index is 1680. The topological polar surface area (TPSA) is 219 Å². The molecule has 2 aromatic carbocycles. The molecular weight excluding hydrogens is 586 g/mol. The van der Waals surface area contributed by atoms with Gasteiger partial charge in [0.2, 0.25) is 5.91 Å². The van der Waals surface area contributed by atoms with E-state index in [2.05, 4.69) is 26.5 Å². The van der Waals surface area contributed by atoms with E-state index in [4.69, 9.17) is 11.5 Å². The zero-order valence-corrected chi connectivity index (χ0v) is 24.4. The average Bonchev–Trinajstić information content (AvgIpc) is 2.98. The number of nitrogens with zero attached hydrogens (tertiary/aromatic N) is 2. The molecule has 0 bridgehead atoms. The number of benzene rings is 2. The number of terminal acetylenes is 1. The molecular formula is C31H33N5O9. The standard InChI is InChI=1S/C31H33N5O9/c1-3-15-36(17-19-7-12-23-22(16-19)29(41)33-18(2)32-23)21-10-8-20(9-11-21)28(40)35-25(31(44)45)13-14-26(37)34-24(30(42)43)5-4-6-27(38)39/h1,7-12,16,24-25H,4-6,13-15,17H2,2H3,(H,34,37)(H,35,40)(H,38,39)(H,42,43)(H,44,45)(H,32,33,41)/t24-,25-/m1/s1. The van der Waals surface area contributed by atoms with Gasteiger partial charge in [0.25, 0.3) is 11.5 Å². The van der Waals surface area contributed by atoms with Crippen molar-refractivity contribution in [2.24, 2.45) is 0 Å². The minimum Gasteiger partial charge on any atom is -0.481 e. The first kappa shape index (κ1) is 33.8. The Morgan fingerprint density at radius 1 is 0.956 bits per heavy atom. The van der Waals surface area contributed by atoms with Crippen molar-refractivity contribution in [2.75, 3.05) is 11.4 Å². The highest BCUT2D eigenvalue weighted by atomic mass is 16.4. The van der Waals surface area contributed by atoms with Gasteiger partial charge in [-0.25, -0.2) is 14.6 Å². The van der Waals surface area contributed by atoms with E-state index >= 15 is 0 Å². The molecule has 45 heavy (non-hydrogen) atoms. The predicted octanol–water partition coefficient (Wildman–Crippen LogP) is 1.66. The van der Waals surface area contributed by atoms with Crippen LogP contribution in [-0.2, 0) is 25.7 Å². The molecule has 0 aliphatic carbocycles. The van der Waals surface area contributed by atoms with E-state index in [9.17, 15) is 39.0 Å². The van der Waals surface area contributed by atoms with Crippen molar-refractivity contribution in [3.63, 3.8) is 0 Å². The summed E-state index contributed by atoms with van der Waals surface area (Å²) >= 11 is 0.